The Hall–Kier alpha value is -2.09. The number of pyridine rings is 1. The summed E-state index contributed by atoms with van der Waals surface area (Å²) in [7, 11) is 1.70. The first kappa shape index (κ1) is 11.0. The van der Waals surface area contributed by atoms with Gasteiger partial charge in [0.05, 0.1) is 16.6 Å². The average Bonchev–Trinajstić information content (AvgIpc) is 2.85. The lowest BCUT2D eigenvalue weighted by atomic mass is 10.2. The number of anilines is 1. The van der Waals surface area contributed by atoms with Crippen LogP contribution in [0, 0.1) is 12.7 Å². The first-order valence-electron chi connectivity index (χ1n) is 5.15. The molecule has 92 valence electrons. The quantitative estimate of drug-likeness (QED) is 0.720. The largest absolute Gasteiger partial charge is 0.375 e. The molecule has 0 bridgehead atoms. The van der Waals surface area contributed by atoms with Gasteiger partial charge in [-0.05, 0) is 6.92 Å². The van der Waals surface area contributed by atoms with E-state index in [1.807, 2.05) is 0 Å². The van der Waals surface area contributed by atoms with Gasteiger partial charge in [-0.15, -0.1) is 5.10 Å². The van der Waals surface area contributed by atoms with E-state index < -0.39 is 5.82 Å². The topological polar surface area (TPSA) is 82.5 Å². The summed E-state index contributed by atoms with van der Waals surface area (Å²) in [4.78, 5) is 8.09. The lowest BCUT2D eigenvalue weighted by Gasteiger charge is -2.03. The van der Waals surface area contributed by atoms with E-state index in [1.165, 1.54) is 10.9 Å². The van der Waals surface area contributed by atoms with E-state index >= 15 is 0 Å². The van der Waals surface area contributed by atoms with Gasteiger partial charge in [-0.3, -0.25) is 0 Å². The van der Waals surface area contributed by atoms with Gasteiger partial charge in [0.15, 0.2) is 10.9 Å². The Morgan fingerprint density at radius 1 is 1.44 bits per heavy atom. The molecule has 0 radical (unpaired) electrons. The van der Waals surface area contributed by atoms with Crippen LogP contribution in [0.15, 0.2) is 6.20 Å². The molecule has 0 amide bonds. The first-order chi connectivity index (χ1) is 8.58. The summed E-state index contributed by atoms with van der Waals surface area (Å²) in [5.74, 6) is -0.435. The highest BCUT2D eigenvalue weighted by atomic mass is 32.1. The molecule has 18 heavy (non-hydrogen) atoms. The SMILES string of the molecule is Cc1nnn(C)c1-c1ncc2nc(N)sc2c1F. The Kier molecular flexibility index (Phi) is 2.27. The van der Waals surface area contributed by atoms with Crippen molar-refractivity contribution in [3.8, 4) is 11.4 Å². The van der Waals surface area contributed by atoms with Gasteiger partial charge in [0.2, 0.25) is 0 Å². The number of nitrogens with two attached hydrogens (primary N) is 1. The number of hydrogen-bond donors (Lipinski definition) is 1. The molecular formula is C10H9FN6S. The van der Waals surface area contributed by atoms with Crippen LogP contribution in [0.1, 0.15) is 5.69 Å². The summed E-state index contributed by atoms with van der Waals surface area (Å²) < 4.78 is 16.3. The minimum absolute atomic E-state index is 0.219. The van der Waals surface area contributed by atoms with Crippen molar-refractivity contribution in [1.82, 2.24) is 25.0 Å². The lowest BCUT2D eigenvalue weighted by molar-refractivity contribution is 0.634. The van der Waals surface area contributed by atoms with Crippen LogP contribution >= 0.6 is 11.3 Å². The number of hydrogen-bond acceptors (Lipinski definition) is 6. The Balaban J connectivity index is 2.33. The number of fused-ring (bicyclic) bond motifs is 1. The maximum Gasteiger partial charge on any atom is 0.181 e. The third-order valence-electron chi connectivity index (χ3n) is 2.61. The molecule has 0 aliphatic carbocycles. The highest BCUT2D eigenvalue weighted by Gasteiger charge is 2.19. The van der Waals surface area contributed by atoms with Gasteiger partial charge in [-0.1, -0.05) is 16.6 Å². The van der Waals surface area contributed by atoms with Crippen LogP contribution < -0.4 is 5.73 Å². The van der Waals surface area contributed by atoms with Gasteiger partial charge in [0.1, 0.15) is 16.9 Å². The van der Waals surface area contributed by atoms with Crippen molar-refractivity contribution >= 4 is 26.7 Å². The summed E-state index contributed by atoms with van der Waals surface area (Å²) in [5.41, 5.74) is 7.44. The van der Waals surface area contributed by atoms with Crippen molar-refractivity contribution in [1.29, 1.82) is 0 Å². The third kappa shape index (κ3) is 1.46. The van der Waals surface area contributed by atoms with Gasteiger partial charge in [0, 0.05) is 7.05 Å². The van der Waals surface area contributed by atoms with Crippen molar-refractivity contribution in [2.24, 2.45) is 7.05 Å². The lowest BCUT2D eigenvalue weighted by Crippen LogP contribution is -1.99. The molecule has 0 saturated carbocycles. The van der Waals surface area contributed by atoms with E-state index in [-0.39, 0.29) is 5.69 Å². The van der Waals surface area contributed by atoms with Crippen LogP contribution in [0.4, 0.5) is 9.52 Å². The van der Waals surface area contributed by atoms with Crippen LogP contribution in [0.2, 0.25) is 0 Å². The van der Waals surface area contributed by atoms with E-state index in [0.29, 0.717) is 26.7 Å². The van der Waals surface area contributed by atoms with E-state index in [1.54, 1.807) is 14.0 Å². The van der Waals surface area contributed by atoms with Crippen molar-refractivity contribution in [2.75, 3.05) is 5.73 Å². The summed E-state index contributed by atoms with van der Waals surface area (Å²) in [6.45, 7) is 1.76. The van der Waals surface area contributed by atoms with E-state index in [2.05, 4.69) is 20.3 Å². The molecule has 3 rings (SSSR count). The predicted octanol–water partition coefficient (Wildman–Crippen LogP) is 1.52. The highest BCUT2D eigenvalue weighted by Crippen LogP contribution is 2.31. The zero-order valence-corrected chi connectivity index (χ0v) is 10.5. The Morgan fingerprint density at radius 3 is 2.89 bits per heavy atom. The highest BCUT2D eigenvalue weighted by molar-refractivity contribution is 7.22. The molecule has 3 aromatic heterocycles. The Labute approximate surface area is 105 Å². The van der Waals surface area contributed by atoms with E-state index in [9.17, 15) is 4.39 Å². The van der Waals surface area contributed by atoms with Gasteiger partial charge in [0.25, 0.3) is 0 Å². The Bertz CT molecular complexity index is 727. The number of rotatable bonds is 1. The maximum absolute atomic E-state index is 14.4. The summed E-state index contributed by atoms with van der Waals surface area (Å²) >= 11 is 1.10. The number of nitrogen functional groups attached to an aromatic ring is 1. The molecule has 0 aliphatic heterocycles. The molecule has 8 heteroatoms. The zero-order valence-electron chi connectivity index (χ0n) is 9.68. The Morgan fingerprint density at radius 2 is 2.22 bits per heavy atom. The molecular weight excluding hydrogens is 255 g/mol. The normalized spacial score (nSPS) is 11.3. The van der Waals surface area contributed by atoms with Crippen LogP contribution in [0.25, 0.3) is 21.6 Å². The standard InChI is InChI=1S/C10H9FN6S/c1-4-8(17(2)16-15-4)7-6(11)9-5(3-13-7)14-10(12)18-9/h3H,1-2H3,(H2,12,14). The van der Waals surface area contributed by atoms with Crippen LogP contribution in [0.5, 0.6) is 0 Å². The third-order valence-corrected chi connectivity index (χ3v) is 3.51. The van der Waals surface area contributed by atoms with Crippen LogP contribution in [0.3, 0.4) is 0 Å². The minimum Gasteiger partial charge on any atom is -0.375 e. The maximum atomic E-state index is 14.4. The fraction of sp³-hybridized carbons (Fsp3) is 0.200. The van der Waals surface area contributed by atoms with Gasteiger partial charge in [-0.25, -0.2) is 19.0 Å². The van der Waals surface area contributed by atoms with Crippen molar-refractivity contribution in [3.63, 3.8) is 0 Å². The molecule has 0 aromatic carbocycles. The first-order valence-corrected chi connectivity index (χ1v) is 5.96. The van der Waals surface area contributed by atoms with E-state index in [0.717, 1.165) is 11.3 Å². The second kappa shape index (κ2) is 3.70. The van der Waals surface area contributed by atoms with Crippen LogP contribution in [-0.2, 0) is 7.05 Å². The summed E-state index contributed by atoms with van der Waals surface area (Å²) in [6, 6.07) is 0. The molecule has 0 atom stereocenters. The number of aryl methyl sites for hydroxylation is 2. The smallest absolute Gasteiger partial charge is 0.181 e. The van der Waals surface area contributed by atoms with Crippen molar-refractivity contribution < 1.29 is 4.39 Å². The molecule has 3 aromatic rings. The monoisotopic (exact) mass is 264 g/mol. The fourth-order valence-electron chi connectivity index (χ4n) is 1.83. The number of thiazole rings is 1. The molecule has 0 fully saturated rings. The number of halogens is 1. The fourth-order valence-corrected chi connectivity index (χ4v) is 2.58. The minimum atomic E-state index is -0.435. The molecule has 2 N–H and O–H groups in total. The van der Waals surface area contributed by atoms with Gasteiger partial charge < -0.3 is 5.73 Å². The average molecular weight is 264 g/mol. The van der Waals surface area contributed by atoms with Crippen molar-refractivity contribution in [2.45, 2.75) is 6.92 Å². The second-order valence-electron chi connectivity index (χ2n) is 3.83. The predicted molar refractivity (Wildman–Crippen MR) is 66.5 cm³/mol. The molecule has 0 unspecified atom stereocenters. The van der Waals surface area contributed by atoms with E-state index in [4.69, 9.17) is 5.73 Å². The number of nitrogens with zero attached hydrogens (tertiary/aromatic N) is 5. The molecule has 0 saturated heterocycles. The van der Waals surface area contributed by atoms with Crippen LogP contribution in [-0.4, -0.2) is 25.0 Å². The molecule has 3 heterocycles. The molecule has 0 aliphatic rings. The van der Waals surface area contributed by atoms with Gasteiger partial charge >= 0.3 is 0 Å². The zero-order chi connectivity index (χ0) is 12.9. The second-order valence-corrected chi connectivity index (χ2v) is 4.86. The molecule has 6 nitrogen and oxygen atoms in total. The van der Waals surface area contributed by atoms with Gasteiger partial charge in [-0.2, -0.15) is 0 Å². The number of aromatic nitrogens is 5. The summed E-state index contributed by atoms with van der Waals surface area (Å²) in [6.07, 6.45) is 1.51. The van der Waals surface area contributed by atoms with Crippen molar-refractivity contribution in [3.05, 3.63) is 17.7 Å². The molecule has 0 spiro atoms. The summed E-state index contributed by atoms with van der Waals surface area (Å²) in [5, 5.41) is 8.05.